The number of aromatic amines is 1. The smallest absolute Gasteiger partial charge is 0.263 e. The molecule has 0 spiro atoms. The van der Waals surface area contributed by atoms with Gasteiger partial charge in [0.1, 0.15) is 0 Å². The molecule has 0 unspecified atom stereocenters. The standard InChI is InChI=1S/C17H16N2O2S/c1-11-5-6-12-9-13(16(20)18-14(12)8-11)10-19(2)17(21)15-4-3-7-22-15/h3-9H,10H2,1-2H3,(H,18,20). The molecular weight excluding hydrogens is 296 g/mol. The van der Waals surface area contributed by atoms with Crippen molar-refractivity contribution in [3.8, 4) is 0 Å². The second-order valence-corrected chi connectivity index (χ2v) is 6.30. The Balaban J connectivity index is 1.90. The van der Waals surface area contributed by atoms with E-state index in [1.807, 2.05) is 42.6 Å². The van der Waals surface area contributed by atoms with E-state index in [1.165, 1.54) is 11.3 Å². The Morgan fingerprint density at radius 2 is 2.09 bits per heavy atom. The number of nitrogens with one attached hydrogen (secondary N) is 1. The van der Waals surface area contributed by atoms with Crippen LogP contribution in [0.15, 0.2) is 46.6 Å². The van der Waals surface area contributed by atoms with Gasteiger partial charge in [-0.25, -0.2) is 0 Å². The Morgan fingerprint density at radius 3 is 2.82 bits per heavy atom. The van der Waals surface area contributed by atoms with Gasteiger partial charge in [-0.05, 0) is 41.5 Å². The van der Waals surface area contributed by atoms with Crippen molar-refractivity contribution in [1.29, 1.82) is 0 Å². The molecule has 0 saturated carbocycles. The summed E-state index contributed by atoms with van der Waals surface area (Å²) in [4.78, 5) is 29.6. The molecule has 2 heterocycles. The number of aryl methyl sites for hydroxylation is 1. The third kappa shape index (κ3) is 2.80. The lowest BCUT2D eigenvalue weighted by molar-refractivity contribution is 0.0789. The van der Waals surface area contributed by atoms with Crippen molar-refractivity contribution in [2.24, 2.45) is 0 Å². The molecule has 0 atom stereocenters. The normalized spacial score (nSPS) is 10.8. The molecule has 5 heteroatoms. The van der Waals surface area contributed by atoms with Crippen LogP contribution in [0, 0.1) is 6.92 Å². The molecule has 22 heavy (non-hydrogen) atoms. The molecule has 3 aromatic rings. The van der Waals surface area contributed by atoms with E-state index in [9.17, 15) is 9.59 Å². The minimum absolute atomic E-state index is 0.0709. The number of aromatic nitrogens is 1. The highest BCUT2D eigenvalue weighted by atomic mass is 32.1. The Labute approximate surface area is 132 Å². The average molecular weight is 312 g/mol. The Hall–Kier alpha value is -2.40. The first-order valence-corrected chi connectivity index (χ1v) is 7.84. The molecule has 3 rings (SSSR count). The summed E-state index contributed by atoms with van der Waals surface area (Å²) >= 11 is 1.40. The maximum atomic E-state index is 12.3. The maximum Gasteiger partial charge on any atom is 0.263 e. The largest absolute Gasteiger partial charge is 0.336 e. The quantitative estimate of drug-likeness (QED) is 0.807. The minimum atomic E-state index is -0.149. The van der Waals surface area contributed by atoms with Gasteiger partial charge in [0, 0.05) is 18.1 Å². The van der Waals surface area contributed by atoms with Crippen LogP contribution in [0.5, 0.6) is 0 Å². The van der Waals surface area contributed by atoms with Crippen molar-refractivity contribution in [2.45, 2.75) is 13.5 Å². The van der Waals surface area contributed by atoms with Gasteiger partial charge in [0.25, 0.3) is 11.5 Å². The summed E-state index contributed by atoms with van der Waals surface area (Å²) in [6, 6.07) is 11.4. The van der Waals surface area contributed by atoms with Gasteiger partial charge >= 0.3 is 0 Å². The number of fused-ring (bicyclic) bond motifs is 1. The van der Waals surface area contributed by atoms with E-state index in [2.05, 4.69) is 4.98 Å². The highest BCUT2D eigenvalue weighted by Crippen LogP contribution is 2.15. The summed E-state index contributed by atoms with van der Waals surface area (Å²) in [6.45, 7) is 2.27. The van der Waals surface area contributed by atoms with Gasteiger partial charge in [-0.1, -0.05) is 18.2 Å². The Bertz CT molecular complexity index is 881. The maximum absolute atomic E-state index is 12.3. The molecule has 0 bridgehead atoms. The number of carbonyl (C=O) groups excluding carboxylic acids is 1. The van der Waals surface area contributed by atoms with E-state index in [-0.39, 0.29) is 18.0 Å². The molecule has 0 aliphatic heterocycles. The van der Waals surface area contributed by atoms with E-state index in [0.717, 1.165) is 16.5 Å². The molecule has 0 fully saturated rings. The average Bonchev–Trinajstić information content (AvgIpc) is 3.01. The molecule has 1 aromatic carbocycles. The topological polar surface area (TPSA) is 53.2 Å². The molecule has 112 valence electrons. The molecular formula is C17H16N2O2S. The van der Waals surface area contributed by atoms with Crippen LogP contribution in [0.4, 0.5) is 0 Å². The Morgan fingerprint density at radius 1 is 1.27 bits per heavy atom. The van der Waals surface area contributed by atoms with Gasteiger partial charge in [-0.3, -0.25) is 9.59 Å². The van der Waals surface area contributed by atoms with E-state index in [1.54, 1.807) is 18.0 Å². The van der Waals surface area contributed by atoms with E-state index in [4.69, 9.17) is 0 Å². The van der Waals surface area contributed by atoms with Gasteiger partial charge in [0.15, 0.2) is 0 Å². The van der Waals surface area contributed by atoms with Crippen LogP contribution in [0.2, 0.25) is 0 Å². The minimum Gasteiger partial charge on any atom is -0.336 e. The van der Waals surface area contributed by atoms with Crippen LogP contribution in [-0.2, 0) is 6.54 Å². The van der Waals surface area contributed by atoms with Crippen LogP contribution in [0.3, 0.4) is 0 Å². The fraction of sp³-hybridized carbons (Fsp3) is 0.176. The van der Waals surface area contributed by atoms with Gasteiger partial charge in [-0.2, -0.15) is 0 Å². The zero-order valence-electron chi connectivity index (χ0n) is 12.4. The molecule has 4 nitrogen and oxygen atoms in total. The SMILES string of the molecule is Cc1ccc2cc(CN(C)C(=O)c3cccs3)c(=O)[nH]c2c1. The van der Waals surface area contributed by atoms with Crippen LogP contribution < -0.4 is 5.56 Å². The van der Waals surface area contributed by atoms with Gasteiger partial charge in [-0.15, -0.1) is 11.3 Å². The van der Waals surface area contributed by atoms with Crippen molar-refractivity contribution < 1.29 is 4.79 Å². The van der Waals surface area contributed by atoms with E-state index < -0.39 is 0 Å². The van der Waals surface area contributed by atoms with Crippen LogP contribution in [0.1, 0.15) is 20.8 Å². The third-order valence-corrected chi connectivity index (χ3v) is 4.42. The summed E-state index contributed by atoms with van der Waals surface area (Å²) in [5, 5.41) is 2.84. The highest BCUT2D eigenvalue weighted by Gasteiger charge is 2.14. The summed E-state index contributed by atoms with van der Waals surface area (Å²) in [5.41, 5.74) is 2.36. The summed E-state index contributed by atoms with van der Waals surface area (Å²) in [7, 11) is 1.71. The van der Waals surface area contributed by atoms with Gasteiger partial charge < -0.3 is 9.88 Å². The zero-order valence-corrected chi connectivity index (χ0v) is 13.2. The summed E-state index contributed by atoms with van der Waals surface area (Å²) < 4.78 is 0. The molecule has 2 aromatic heterocycles. The number of pyridine rings is 1. The summed E-state index contributed by atoms with van der Waals surface area (Å²) in [6.07, 6.45) is 0. The number of hydrogen-bond donors (Lipinski definition) is 1. The summed E-state index contributed by atoms with van der Waals surface area (Å²) in [5.74, 6) is -0.0709. The second-order valence-electron chi connectivity index (χ2n) is 5.35. The number of benzene rings is 1. The highest BCUT2D eigenvalue weighted by molar-refractivity contribution is 7.12. The Kier molecular flexibility index (Phi) is 3.81. The van der Waals surface area contributed by atoms with Crippen molar-refractivity contribution in [2.75, 3.05) is 7.05 Å². The van der Waals surface area contributed by atoms with Crippen molar-refractivity contribution in [1.82, 2.24) is 9.88 Å². The van der Waals surface area contributed by atoms with Crippen LogP contribution in [0.25, 0.3) is 10.9 Å². The zero-order chi connectivity index (χ0) is 15.7. The van der Waals surface area contributed by atoms with Crippen molar-refractivity contribution >= 4 is 28.1 Å². The molecule has 0 aliphatic rings. The number of amides is 1. The number of H-pyrrole nitrogens is 1. The van der Waals surface area contributed by atoms with Crippen LogP contribution >= 0.6 is 11.3 Å². The molecule has 0 aliphatic carbocycles. The van der Waals surface area contributed by atoms with Gasteiger partial charge in [0.2, 0.25) is 0 Å². The first-order chi connectivity index (χ1) is 10.5. The number of nitrogens with zero attached hydrogens (tertiary/aromatic N) is 1. The third-order valence-electron chi connectivity index (χ3n) is 3.56. The van der Waals surface area contributed by atoms with Crippen LogP contribution in [-0.4, -0.2) is 22.8 Å². The molecule has 1 N–H and O–H groups in total. The first kappa shape index (κ1) is 14.5. The molecule has 0 saturated heterocycles. The molecule has 0 radical (unpaired) electrons. The first-order valence-electron chi connectivity index (χ1n) is 6.96. The number of carbonyl (C=O) groups is 1. The lowest BCUT2D eigenvalue weighted by Gasteiger charge is -2.16. The lowest BCUT2D eigenvalue weighted by atomic mass is 10.1. The molecule has 1 amide bonds. The fourth-order valence-corrected chi connectivity index (χ4v) is 3.11. The number of rotatable bonds is 3. The monoisotopic (exact) mass is 312 g/mol. The van der Waals surface area contributed by atoms with Gasteiger partial charge in [0.05, 0.1) is 11.4 Å². The fourth-order valence-electron chi connectivity index (χ4n) is 2.39. The van der Waals surface area contributed by atoms with Crippen molar-refractivity contribution in [3.05, 3.63) is 68.1 Å². The predicted octanol–water partition coefficient (Wildman–Crippen LogP) is 3.17. The van der Waals surface area contributed by atoms with E-state index in [0.29, 0.717) is 10.4 Å². The predicted molar refractivity (Wildman–Crippen MR) is 89.4 cm³/mol. The number of hydrogen-bond acceptors (Lipinski definition) is 3. The second kappa shape index (κ2) is 5.77. The van der Waals surface area contributed by atoms with E-state index >= 15 is 0 Å². The number of thiophene rings is 1. The lowest BCUT2D eigenvalue weighted by Crippen LogP contribution is -2.28. The van der Waals surface area contributed by atoms with Crippen molar-refractivity contribution in [3.63, 3.8) is 0 Å².